The summed E-state index contributed by atoms with van der Waals surface area (Å²) < 4.78 is 26.3. The van der Waals surface area contributed by atoms with Crippen LogP contribution in [0.15, 0.2) is 54.6 Å². The van der Waals surface area contributed by atoms with E-state index in [-0.39, 0.29) is 11.8 Å². The second-order valence-corrected chi connectivity index (χ2v) is 10.3. The SMILES string of the molecule is C/C=C/C=C/C(=O)N1CCc2ccccc2C1C(=O)Nc1c(C)cc(C)c(NS(C)(=O)=O)c1C. The Balaban J connectivity index is 2.02. The molecule has 0 bridgehead atoms. The molecule has 8 heteroatoms. The molecule has 1 aliphatic heterocycles. The number of amides is 2. The van der Waals surface area contributed by atoms with Gasteiger partial charge in [0, 0.05) is 18.3 Å². The highest BCUT2D eigenvalue weighted by Gasteiger charge is 2.35. The Kier molecular flexibility index (Phi) is 7.61. The molecule has 0 fully saturated rings. The van der Waals surface area contributed by atoms with Crippen molar-refractivity contribution in [1.29, 1.82) is 0 Å². The predicted molar refractivity (Wildman–Crippen MR) is 136 cm³/mol. The fraction of sp³-hybridized carbons (Fsp3) is 0.308. The molecule has 180 valence electrons. The van der Waals surface area contributed by atoms with E-state index in [1.807, 2.05) is 57.2 Å². The first-order valence-electron chi connectivity index (χ1n) is 11.1. The predicted octanol–water partition coefficient (Wildman–Crippen LogP) is 4.18. The number of allylic oxidation sites excluding steroid dienone is 3. The van der Waals surface area contributed by atoms with Gasteiger partial charge in [0.05, 0.1) is 11.9 Å². The summed E-state index contributed by atoms with van der Waals surface area (Å²) in [6.45, 7) is 7.72. The summed E-state index contributed by atoms with van der Waals surface area (Å²) in [5, 5.41) is 2.99. The molecule has 2 aromatic carbocycles. The number of rotatable bonds is 6. The van der Waals surface area contributed by atoms with Gasteiger partial charge in [-0.05, 0) is 61.9 Å². The van der Waals surface area contributed by atoms with Crippen LogP contribution in [0.4, 0.5) is 11.4 Å². The standard InChI is InChI=1S/C26H31N3O4S/c1-6-7-8-13-22(30)29-15-14-20-11-9-10-12-21(20)25(29)26(31)27-23-17(2)16-18(3)24(19(23)4)28-34(5,32)33/h6-13,16,25,28H,14-15H2,1-5H3,(H,27,31)/b7-6+,13-8+. The molecule has 0 aromatic heterocycles. The van der Waals surface area contributed by atoms with Crippen LogP contribution < -0.4 is 10.0 Å². The van der Waals surface area contributed by atoms with Gasteiger partial charge in [0.25, 0.3) is 5.91 Å². The van der Waals surface area contributed by atoms with Gasteiger partial charge in [-0.25, -0.2) is 8.42 Å². The number of aryl methyl sites for hydroxylation is 2. The summed E-state index contributed by atoms with van der Waals surface area (Å²) in [5.74, 6) is -0.593. The lowest BCUT2D eigenvalue weighted by atomic mass is 9.91. The van der Waals surface area contributed by atoms with Crippen molar-refractivity contribution in [2.75, 3.05) is 22.8 Å². The molecule has 0 saturated carbocycles. The van der Waals surface area contributed by atoms with Crippen LogP contribution in [0, 0.1) is 20.8 Å². The van der Waals surface area contributed by atoms with E-state index in [0.717, 1.165) is 28.5 Å². The van der Waals surface area contributed by atoms with Crippen LogP contribution in [0.3, 0.4) is 0 Å². The van der Waals surface area contributed by atoms with Crippen molar-refractivity contribution in [3.8, 4) is 0 Å². The van der Waals surface area contributed by atoms with Crippen LogP contribution in [0.5, 0.6) is 0 Å². The maximum atomic E-state index is 13.7. The number of carbonyl (C=O) groups excluding carboxylic acids is 2. The molecular formula is C26H31N3O4S. The molecular weight excluding hydrogens is 450 g/mol. The van der Waals surface area contributed by atoms with Crippen molar-refractivity contribution in [2.45, 2.75) is 40.2 Å². The van der Waals surface area contributed by atoms with E-state index in [1.54, 1.807) is 24.0 Å². The van der Waals surface area contributed by atoms with Crippen LogP contribution in [-0.2, 0) is 26.0 Å². The third-order valence-corrected chi connectivity index (χ3v) is 6.44. The van der Waals surface area contributed by atoms with Gasteiger partial charge >= 0.3 is 0 Å². The van der Waals surface area contributed by atoms with Crippen molar-refractivity contribution < 1.29 is 18.0 Å². The van der Waals surface area contributed by atoms with Gasteiger partial charge in [-0.15, -0.1) is 0 Å². The molecule has 0 spiro atoms. The minimum Gasteiger partial charge on any atom is -0.323 e. The molecule has 0 aliphatic carbocycles. The van der Waals surface area contributed by atoms with Crippen molar-refractivity contribution in [3.05, 3.63) is 82.5 Å². The van der Waals surface area contributed by atoms with E-state index in [0.29, 0.717) is 29.9 Å². The smallest absolute Gasteiger partial charge is 0.251 e. The number of nitrogens with one attached hydrogen (secondary N) is 2. The number of nitrogens with zero attached hydrogens (tertiary/aromatic N) is 1. The fourth-order valence-electron chi connectivity index (χ4n) is 4.34. The third kappa shape index (κ3) is 5.56. The zero-order chi connectivity index (χ0) is 25.0. The van der Waals surface area contributed by atoms with Gasteiger partial charge in [-0.2, -0.15) is 0 Å². The Morgan fingerprint density at radius 2 is 1.74 bits per heavy atom. The highest BCUT2D eigenvalue weighted by Crippen LogP contribution is 2.35. The summed E-state index contributed by atoms with van der Waals surface area (Å²) in [6.07, 6.45) is 8.46. The molecule has 1 aliphatic rings. The number of fused-ring (bicyclic) bond motifs is 1. The number of benzene rings is 2. The zero-order valence-corrected chi connectivity index (χ0v) is 21.0. The Morgan fingerprint density at radius 3 is 2.41 bits per heavy atom. The molecule has 2 N–H and O–H groups in total. The quantitative estimate of drug-likeness (QED) is 0.478. The molecule has 7 nitrogen and oxygen atoms in total. The van der Waals surface area contributed by atoms with E-state index in [1.165, 1.54) is 6.08 Å². The van der Waals surface area contributed by atoms with Gasteiger partial charge in [0.15, 0.2) is 0 Å². The number of sulfonamides is 1. The number of carbonyl (C=O) groups is 2. The molecule has 2 amide bonds. The number of anilines is 2. The number of hydrogen-bond acceptors (Lipinski definition) is 4. The maximum Gasteiger partial charge on any atom is 0.251 e. The van der Waals surface area contributed by atoms with E-state index < -0.39 is 16.1 Å². The normalized spacial score (nSPS) is 16.0. The summed E-state index contributed by atoms with van der Waals surface area (Å²) in [7, 11) is -3.50. The monoisotopic (exact) mass is 481 g/mol. The zero-order valence-electron chi connectivity index (χ0n) is 20.2. The summed E-state index contributed by atoms with van der Waals surface area (Å²) in [6, 6.07) is 8.66. The van der Waals surface area contributed by atoms with Gasteiger partial charge in [-0.1, -0.05) is 48.6 Å². The van der Waals surface area contributed by atoms with Crippen LogP contribution >= 0.6 is 0 Å². The molecule has 0 saturated heterocycles. The topological polar surface area (TPSA) is 95.6 Å². The molecule has 0 radical (unpaired) electrons. The first-order valence-corrected chi connectivity index (χ1v) is 13.0. The average molecular weight is 482 g/mol. The van der Waals surface area contributed by atoms with Gasteiger partial charge in [0.2, 0.25) is 15.9 Å². The second-order valence-electron chi connectivity index (χ2n) is 8.52. The van der Waals surface area contributed by atoms with Gasteiger partial charge < -0.3 is 10.2 Å². The fourth-order valence-corrected chi connectivity index (χ4v) is 5.03. The van der Waals surface area contributed by atoms with Crippen LogP contribution in [0.2, 0.25) is 0 Å². The van der Waals surface area contributed by atoms with Crippen molar-refractivity contribution in [1.82, 2.24) is 4.90 Å². The lowest BCUT2D eigenvalue weighted by molar-refractivity contribution is -0.135. The van der Waals surface area contributed by atoms with Gasteiger partial charge in [0.1, 0.15) is 6.04 Å². The van der Waals surface area contributed by atoms with Crippen molar-refractivity contribution in [3.63, 3.8) is 0 Å². The Hall–Kier alpha value is -3.39. The molecule has 2 aromatic rings. The highest BCUT2D eigenvalue weighted by atomic mass is 32.2. The van der Waals surface area contributed by atoms with Crippen molar-refractivity contribution >= 4 is 33.2 Å². The Labute approximate surface area is 201 Å². The third-order valence-electron chi connectivity index (χ3n) is 5.86. The highest BCUT2D eigenvalue weighted by molar-refractivity contribution is 7.92. The van der Waals surface area contributed by atoms with E-state index in [2.05, 4.69) is 10.0 Å². The molecule has 3 rings (SSSR count). The molecule has 1 heterocycles. The molecule has 1 unspecified atom stereocenters. The maximum absolute atomic E-state index is 13.7. The first-order chi connectivity index (χ1) is 16.0. The van der Waals surface area contributed by atoms with E-state index >= 15 is 0 Å². The minimum absolute atomic E-state index is 0.246. The van der Waals surface area contributed by atoms with Gasteiger partial charge in [-0.3, -0.25) is 14.3 Å². The van der Waals surface area contributed by atoms with Crippen LogP contribution in [-0.4, -0.2) is 37.9 Å². The van der Waals surface area contributed by atoms with E-state index in [4.69, 9.17) is 0 Å². The largest absolute Gasteiger partial charge is 0.323 e. The molecule has 34 heavy (non-hydrogen) atoms. The minimum atomic E-state index is -3.50. The summed E-state index contributed by atoms with van der Waals surface area (Å²) in [5.41, 5.74) is 4.96. The van der Waals surface area contributed by atoms with Crippen LogP contribution in [0.25, 0.3) is 0 Å². The summed E-state index contributed by atoms with van der Waals surface area (Å²) in [4.78, 5) is 28.2. The Morgan fingerprint density at radius 1 is 1.06 bits per heavy atom. The van der Waals surface area contributed by atoms with E-state index in [9.17, 15) is 18.0 Å². The first kappa shape index (κ1) is 25.2. The molecule has 1 atom stereocenters. The summed E-state index contributed by atoms with van der Waals surface area (Å²) >= 11 is 0. The van der Waals surface area contributed by atoms with Crippen molar-refractivity contribution in [2.24, 2.45) is 0 Å². The second kappa shape index (κ2) is 10.3. The Bertz CT molecular complexity index is 1280. The number of hydrogen-bond donors (Lipinski definition) is 2. The average Bonchev–Trinajstić information content (AvgIpc) is 2.78. The lowest BCUT2D eigenvalue weighted by Gasteiger charge is -2.36. The lowest BCUT2D eigenvalue weighted by Crippen LogP contribution is -2.44. The van der Waals surface area contributed by atoms with Crippen LogP contribution in [0.1, 0.15) is 40.8 Å².